The number of carbonyl (C=O) groups is 1. The fraction of sp³-hybridized carbons (Fsp3) is 0.409. The molecule has 156 valence electrons. The van der Waals surface area contributed by atoms with E-state index in [0.29, 0.717) is 12.8 Å². The van der Waals surface area contributed by atoms with Gasteiger partial charge in [0.15, 0.2) is 0 Å². The summed E-state index contributed by atoms with van der Waals surface area (Å²) in [6.07, 6.45) is 2.60. The minimum absolute atomic E-state index is 0.0338. The first-order chi connectivity index (χ1) is 13.9. The SMILES string of the molecule is CC(CCc1ccccc1)NC(=O)C1CCN(S(=O)(=O)c2ccccc2F)CC1. The lowest BCUT2D eigenvalue weighted by atomic mass is 9.96. The number of benzene rings is 2. The van der Waals surface area contributed by atoms with Crippen LogP contribution in [-0.4, -0.2) is 37.8 Å². The van der Waals surface area contributed by atoms with E-state index in [1.807, 2.05) is 25.1 Å². The van der Waals surface area contributed by atoms with Crippen LogP contribution in [0.2, 0.25) is 0 Å². The first-order valence-electron chi connectivity index (χ1n) is 9.97. The molecule has 0 saturated carbocycles. The van der Waals surface area contributed by atoms with Crippen molar-refractivity contribution in [3.05, 3.63) is 66.0 Å². The number of hydrogen-bond donors (Lipinski definition) is 1. The van der Waals surface area contributed by atoms with Crippen LogP contribution in [0.3, 0.4) is 0 Å². The second kappa shape index (κ2) is 9.50. The van der Waals surface area contributed by atoms with Gasteiger partial charge in [-0.2, -0.15) is 4.31 Å². The minimum atomic E-state index is -3.88. The van der Waals surface area contributed by atoms with Crippen LogP contribution in [0.5, 0.6) is 0 Å². The van der Waals surface area contributed by atoms with Gasteiger partial charge < -0.3 is 5.32 Å². The molecule has 1 fully saturated rings. The molecule has 1 amide bonds. The lowest BCUT2D eigenvalue weighted by molar-refractivity contribution is -0.126. The molecule has 2 aromatic rings. The summed E-state index contributed by atoms with van der Waals surface area (Å²) in [6.45, 7) is 2.42. The smallest absolute Gasteiger partial charge is 0.245 e. The van der Waals surface area contributed by atoms with Crippen LogP contribution >= 0.6 is 0 Å². The van der Waals surface area contributed by atoms with Crippen LogP contribution in [0.1, 0.15) is 31.7 Å². The van der Waals surface area contributed by atoms with Crippen molar-refractivity contribution in [3.8, 4) is 0 Å². The van der Waals surface area contributed by atoms with Crippen LogP contribution in [-0.2, 0) is 21.2 Å². The van der Waals surface area contributed by atoms with E-state index in [1.54, 1.807) is 0 Å². The monoisotopic (exact) mass is 418 g/mol. The maximum absolute atomic E-state index is 13.9. The van der Waals surface area contributed by atoms with Gasteiger partial charge in [0.05, 0.1) is 0 Å². The van der Waals surface area contributed by atoms with E-state index in [2.05, 4.69) is 17.4 Å². The van der Waals surface area contributed by atoms with Gasteiger partial charge in [0, 0.05) is 25.0 Å². The molecular formula is C22H27FN2O3S. The Morgan fingerprint density at radius 2 is 1.72 bits per heavy atom. The van der Waals surface area contributed by atoms with Crippen molar-refractivity contribution in [2.45, 2.75) is 43.5 Å². The lowest BCUT2D eigenvalue weighted by Gasteiger charge is -2.31. The van der Waals surface area contributed by atoms with Gasteiger partial charge >= 0.3 is 0 Å². The number of halogens is 1. The van der Waals surface area contributed by atoms with E-state index in [-0.39, 0.29) is 35.9 Å². The van der Waals surface area contributed by atoms with Crippen molar-refractivity contribution in [2.24, 2.45) is 5.92 Å². The maximum atomic E-state index is 13.9. The van der Waals surface area contributed by atoms with Gasteiger partial charge in [-0.1, -0.05) is 42.5 Å². The van der Waals surface area contributed by atoms with Crippen LogP contribution in [0.25, 0.3) is 0 Å². The van der Waals surface area contributed by atoms with E-state index in [0.717, 1.165) is 18.9 Å². The number of nitrogens with zero attached hydrogens (tertiary/aromatic N) is 1. The molecule has 1 heterocycles. The number of nitrogens with one attached hydrogen (secondary N) is 1. The molecule has 1 atom stereocenters. The third kappa shape index (κ3) is 5.42. The highest BCUT2D eigenvalue weighted by Crippen LogP contribution is 2.25. The standard InChI is InChI=1S/C22H27FN2O3S/c1-17(11-12-18-7-3-2-4-8-18)24-22(26)19-13-15-25(16-14-19)29(27,28)21-10-6-5-9-20(21)23/h2-10,17,19H,11-16H2,1H3,(H,24,26). The zero-order valence-corrected chi connectivity index (χ0v) is 17.4. The Kier molecular flexibility index (Phi) is 7.03. The average molecular weight is 419 g/mol. The molecule has 3 rings (SSSR count). The number of sulfonamides is 1. The topological polar surface area (TPSA) is 66.5 Å². The Balaban J connectivity index is 1.50. The Bertz CT molecular complexity index is 926. The fourth-order valence-corrected chi connectivity index (χ4v) is 5.15. The highest BCUT2D eigenvalue weighted by molar-refractivity contribution is 7.89. The van der Waals surface area contributed by atoms with Crippen molar-refractivity contribution >= 4 is 15.9 Å². The third-order valence-electron chi connectivity index (χ3n) is 5.38. The van der Waals surface area contributed by atoms with Crippen LogP contribution in [0.15, 0.2) is 59.5 Å². The van der Waals surface area contributed by atoms with E-state index in [9.17, 15) is 17.6 Å². The number of carbonyl (C=O) groups excluding carboxylic acids is 1. The molecule has 0 aliphatic carbocycles. The van der Waals surface area contributed by atoms with Gasteiger partial charge in [0.25, 0.3) is 0 Å². The molecule has 0 spiro atoms. The maximum Gasteiger partial charge on any atom is 0.245 e. The molecular weight excluding hydrogens is 391 g/mol. The van der Waals surface area contributed by atoms with Gasteiger partial charge in [0.1, 0.15) is 10.7 Å². The summed E-state index contributed by atoms with van der Waals surface area (Å²) in [5.74, 6) is -1.01. The molecule has 0 bridgehead atoms. The molecule has 1 N–H and O–H groups in total. The molecule has 1 aliphatic rings. The van der Waals surface area contributed by atoms with Crippen LogP contribution in [0.4, 0.5) is 4.39 Å². The second-order valence-electron chi connectivity index (χ2n) is 7.54. The lowest BCUT2D eigenvalue weighted by Crippen LogP contribution is -2.45. The Labute approximate surface area is 172 Å². The minimum Gasteiger partial charge on any atom is -0.353 e. The summed E-state index contributed by atoms with van der Waals surface area (Å²) in [5.41, 5.74) is 1.24. The van der Waals surface area contributed by atoms with E-state index >= 15 is 0 Å². The number of hydrogen-bond acceptors (Lipinski definition) is 3. The highest BCUT2D eigenvalue weighted by atomic mass is 32.2. The van der Waals surface area contributed by atoms with Crippen molar-refractivity contribution in [2.75, 3.05) is 13.1 Å². The Morgan fingerprint density at radius 1 is 1.10 bits per heavy atom. The summed E-state index contributed by atoms with van der Waals surface area (Å²) in [7, 11) is -3.88. The van der Waals surface area contributed by atoms with E-state index in [4.69, 9.17) is 0 Å². The predicted molar refractivity (Wildman–Crippen MR) is 110 cm³/mol. The molecule has 2 aromatic carbocycles. The van der Waals surface area contributed by atoms with Gasteiger partial charge in [-0.3, -0.25) is 4.79 Å². The van der Waals surface area contributed by atoms with Gasteiger partial charge in [-0.25, -0.2) is 12.8 Å². The third-order valence-corrected chi connectivity index (χ3v) is 7.31. The summed E-state index contributed by atoms with van der Waals surface area (Å²) in [6, 6.07) is 15.6. The van der Waals surface area contributed by atoms with Crippen LogP contribution < -0.4 is 5.32 Å². The van der Waals surface area contributed by atoms with Crippen molar-refractivity contribution in [3.63, 3.8) is 0 Å². The molecule has 1 aliphatic heterocycles. The van der Waals surface area contributed by atoms with E-state index in [1.165, 1.54) is 28.1 Å². The Morgan fingerprint density at radius 3 is 2.38 bits per heavy atom. The second-order valence-corrected chi connectivity index (χ2v) is 9.45. The van der Waals surface area contributed by atoms with E-state index < -0.39 is 15.8 Å². The van der Waals surface area contributed by atoms with Crippen molar-refractivity contribution < 1.29 is 17.6 Å². The molecule has 5 nitrogen and oxygen atoms in total. The fourth-order valence-electron chi connectivity index (χ4n) is 3.61. The van der Waals surface area contributed by atoms with Crippen LogP contribution in [0, 0.1) is 11.7 Å². The Hall–Kier alpha value is -2.25. The van der Waals surface area contributed by atoms with Gasteiger partial charge in [-0.15, -0.1) is 0 Å². The average Bonchev–Trinajstić information content (AvgIpc) is 2.73. The molecule has 1 saturated heterocycles. The van der Waals surface area contributed by atoms with Gasteiger partial charge in [-0.05, 0) is 50.3 Å². The molecule has 1 unspecified atom stereocenters. The highest BCUT2D eigenvalue weighted by Gasteiger charge is 2.33. The number of piperidine rings is 1. The summed E-state index contributed by atoms with van der Waals surface area (Å²) >= 11 is 0. The molecule has 29 heavy (non-hydrogen) atoms. The predicted octanol–water partition coefficient (Wildman–Crippen LogP) is 3.36. The molecule has 0 aromatic heterocycles. The number of amides is 1. The first kappa shape index (κ1) is 21.5. The zero-order valence-electron chi connectivity index (χ0n) is 16.6. The first-order valence-corrected chi connectivity index (χ1v) is 11.4. The zero-order chi connectivity index (χ0) is 20.9. The largest absolute Gasteiger partial charge is 0.353 e. The summed E-state index contributed by atoms with van der Waals surface area (Å²) in [4.78, 5) is 12.3. The van der Waals surface area contributed by atoms with Crippen molar-refractivity contribution in [1.29, 1.82) is 0 Å². The molecule has 0 radical (unpaired) electrons. The van der Waals surface area contributed by atoms with Gasteiger partial charge in [0.2, 0.25) is 15.9 Å². The van der Waals surface area contributed by atoms with Crippen molar-refractivity contribution in [1.82, 2.24) is 9.62 Å². The summed E-state index contributed by atoms with van der Waals surface area (Å²) < 4.78 is 40.5. The number of aryl methyl sites for hydroxylation is 1. The number of rotatable bonds is 7. The molecule has 7 heteroatoms. The quantitative estimate of drug-likeness (QED) is 0.750. The summed E-state index contributed by atoms with van der Waals surface area (Å²) in [5, 5.41) is 3.05. The normalized spacial score (nSPS) is 17.0.